The molecule has 1 heterocycles. The minimum Gasteiger partial charge on any atom is -0.501 e. The largest absolute Gasteiger partial charge is 0.501 e. The summed E-state index contributed by atoms with van der Waals surface area (Å²) in [6.45, 7) is 7.93. The molecule has 4 nitrogen and oxygen atoms in total. The van der Waals surface area contributed by atoms with E-state index in [1.54, 1.807) is 7.11 Å². The van der Waals surface area contributed by atoms with Crippen molar-refractivity contribution in [2.24, 2.45) is 0 Å². The zero-order valence-corrected chi connectivity index (χ0v) is 16.7. The van der Waals surface area contributed by atoms with Gasteiger partial charge in [0.25, 0.3) is 5.92 Å². The van der Waals surface area contributed by atoms with Gasteiger partial charge < -0.3 is 10.1 Å². The van der Waals surface area contributed by atoms with Gasteiger partial charge >= 0.3 is 0 Å². The molecule has 2 aromatic rings. The molecule has 1 aliphatic rings. The Morgan fingerprint density at radius 1 is 1.29 bits per heavy atom. The highest BCUT2D eigenvalue weighted by atomic mass is 19.3. The van der Waals surface area contributed by atoms with E-state index in [0.717, 1.165) is 24.0 Å². The van der Waals surface area contributed by atoms with Gasteiger partial charge in [-0.2, -0.15) is 8.78 Å². The second-order valence-electron chi connectivity index (χ2n) is 7.38. The van der Waals surface area contributed by atoms with Gasteiger partial charge in [-0.05, 0) is 25.3 Å². The highest BCUT2D eigenvalue weighted by Gasteiger charge is 2.43. The Hall–Kier alpha value is -2.50. The molecule has 0 fully saturated rings. The SMILES string of the molecule is C=C(Cc1ccc(-c2nc(N[C@@H](C)CCC)nc3c2CCC3(F)F)cc1)OC. The van der Waals surface area contributed by atoms with Crippen LogP contribution in [0, 0.1) is 0 Å². The molecule has 1 N–H and O–H groups in total. The number of fused-ring (bicyclic) bond motifs is 1. The average molecular weight is 387 g/mol. The lowest BCUT2D eigenvalue weighted by Gasteiger charge is -2.17. The summed E-state index contributed by atoms with van der Waals surface area (Å²) in [5, 5.41) is 3.18. The van der Waals surface area contributed by atoms with E-state index in [0.29, 0.717) is 23.4 Å². The van der Waals surface area contributed by atoms with Gasteiger partial charge in [-0.25, -0.2) is 9.97 Å². The number of nitrogens with zero attached hydrogens (tertiary/aromatic N) is 2. The fourth-order valence-electron chi connectivity index (χ4n) is 3.53. The molecule has 0 saturated carbocycles. The molecule has 6 heteroatoms. The number of benzene rings is 1. The maximum Gasteiger partial charge on any atom is 0.290 e. The predicted molar refractivity (Wildman–Crippen MR) is 108 cm³/mol. The van der Waals surface area contributed by atoms with Crippen LogP contribution in [0.5, 0.6) is 0 Å². The van der Waals surface area contributed by atoms with Crippen molar-refractivity contribution in [1.29, 1.82) is 0 Å². The van der Waals surface area contributed by atoms with Crippen molar-refractivity contribution in [3.63, 3.8) is 0 Å². The van der Waals surface area contributed by atoms with Crippen LogP contribution in [0.25, 0.3) is 11.3 Å². The number of halogens is 2. The molecule has 150 valence electrons. The second-order valence-corrected chi connectivity index (χ2v) is 7.38. The minimum absolute atomic E-state index is 0.119. The summed E-state index contributed by atoms with van der Waals surface area (Å²) in [5.41, 5.74) is 2.86. The third-order valence-electron chi connectivity index (χ3n) is 5.06. The first kappa shape index (κ1) is 20.2. The van der Waals surface area contributed by atoms with Crippen LogP contribution < -0.4 is 5.32 Å². The first-order chi connectivity index (χ1) is 13.3. The molecule has 28 heavy (non-hydrogen) atoms. The highest BCUT2D eigenvalue weighted by molar-refractivity contribution is 5.67. The molecule has 0 saturated heterocycles. The third-order valence-corrected chi connectivity index (χ3v) is 5.06. The van der Waals surface area contributed by atoms with Gasteiger partial charge in [0.15, 0.2) is 0 Å². The Kier molecular flexibility index (Phi) is 5.96. The van der Waals surface area contributed by atoms with Gasteiger partial charge in [0.1, 0.15) is 5.69 Å². The molecule has 1 aromatic heterocycles. The average Bonchev–Trinajstić information content (AvgIpc) is 2.97. The molecule has 1 atom stereocenters. The molecule has 0 radical (unpaired) electrons. The zero-order valence-electron chi connectivity index (χ0n) is 16.7. The van der Waals surface area contributed by atoms with E-state index >= 15 is 0 Å². The fourth-order valence-corrected chi connectivity index (χ4v) is 3.53. The van der Waals surface area contributed by atoms with Gasteiger partial charge in [-0.15, -0.1) is 0 Å². The maximum atomic E-state index is 14.4. The molecule has 0 spiro atoms. The molecule has 0 amide bonds. The first-order valence-corrected chi connectivity index (χ1v) is 9.71. The summed E-state index contributed by atoms with van der Waals surface area (Å²) in [6.07, 6.45) is 2.59. The Labute approximate surface area is 165 Å². The summed E-state index contributed by atoms with van der Waals surface area (Å²) in [4.78, 5) is 8.79. The topological polar surface area (TPSA) is 47.0 Å². The fraction of sp³-hybridized carbons (Fsp3) is 0.455. The Balaban J connectivity index is 1.97. The van der Waals surface area contributed by atoms with Gasteiger partial charge in [-0.3, -0.25) is 0 Å². The third kappa shape index (κ3) is 4.32. The van der Waals surface area contributed by atoms with Gasteiger partial charge in [0.05, 0.1) is 18.6 Å². The van der Waals surface area contributed by atoms with Crippen LogP contribution in [-0.4, -0.2) is 23.1 Å². The molecule has 3 rings (SSSR count). The molecule has 1 aromatic carbocycles. The van der Waals surface area contributed by atoms with Crippen molar-refractivity contribution in [2.75, 3.05) is 12.4 Å². The smallest absolute Gasteiger partial charge is 0.290 e. The molecule has 0 aliphatic heterocycles. The number of rotatable bonds is 8. The van der Waals surface area contributed by atoms with Crippen LogP contribution in [0.15, 0.2) is 36.6 Å². The standard InChI is InChI=1S/C22H27F2N3O/c1-5-6-14(2)25-21-26-19(18-11-12-22(23,24)20(18)27-21)17-9-7-16(8-10-17)13-15(3)28-4/h7-10,14H,3,5-6,11-13H2,1-2,4H3,(H,25,26,27)/t14-/m0/s1. The number of nitrogens with one attached hydrogen (secondary N) is 1. The van der Waals surface area contributed by atoms with Crippen LogP contribution in [0.1, 0.15) is 49.9 Å². The Bertz CT molecular complexity index is 850. The van der Waals surface area contributed by atoms with Crippen molar-refractivity contribution in [1.82, 2.24) is 9.97 Å². The van der Waals surface area contributed by atoms with Crippen LogP contribution in [-0.2, 0) is 23.5 Å². The van der Waals surface area contributed by atoms with E-state index in [2.05, 4.69) is 28.8 Å². The number of alkyl halides is 2. The van der Waals surface area contributed by atoms with E-state index in [-0.39, 0.29) is 30.5 Å². The summed E-state index contributed by atoms with van der Waals surface area (Å²) in [6, 6.07) is 7.85. The maximum absolute atomic E-state index is 14.4. The normalized spacial score (nSPS) is 15.8. The highest BCUT2D eigenvalue weighted by Crippen LogP contribution is 2.44. The van der Waals surface area contributed by atoms with Crippen molar-refractivity contribution in [3.05, 3.63) is 53.4 Å². The summed E-state index contributed by atoms with van der Waals surface area (Å²) < 4.78 is 33.9. The number of aromatic nitrogens is 2. The van der Waals surface area contributed by atoms with Gasteiger partial charge in [-0.1, -0.05) is 44.2 Å². The van der Waals surface area contributed by atoms with Crippen LogP contribution >= 0.6 is 0 Å². The van der Waals surface area contributed by atoms with Crippen molar-refractivity contribution in [2.45, 2.75) is 57.9 Å². The molecule has 0 bridgehead atoms. The van der Waals surface area contributed by atoms with Crippen LogP contribution in [0.3, 0.4) is 0 Å². The molecular weight excluding hydrogens is 360 g/mol. The number of allylic oxidation sites excluding steroid dienone is 1. The number of hydrogen-bond donors (Lipinski definition) is 1. The predicted octanol–water partition coefficient (Wildman–Crippen LogP) is 5.48. The number of hydrogen-bond acceptors (Lipinski definition) is 4. The van der Waals surface area contributed by atoms with Crippen molar-refractivity contribution in [3.8, 4) is 11.3 Å². The second kappa shape index (κ2) is 8.25. The Morgan fingerprint density at radius 3 is 2.64 bits per heavy atom. The lowest BCUT2D eigenvalue weighted by molar-refractivity contribution is -0.00588. The first-order valence-electron chi connectivity index (χ1n) is 9.71. The quantitative estimate of drug-likeness (QED) is 0.609. The molecule has 1 aliphatic carbocycles. The number of ether oxygens (including phenoxy) is 1. The van der Waals surface area contributed by atoms with E-state index in [9.17, 15) is 8.78 Å². The number of methoxy groups -OCH3 is 1. The van der Waals surface area contributed by atoms with Crippen molar-refractivity contribution >= 4 is 5.95 Å². The van der Waals surface area contributed by atoms with Crippen molar-refractivity contribution < 1.29 is 13.5 Å². The monoisotopic (exact) mass is 387 g/mol. The number of anilines is 1. The lowest BCUT2D eigenvalue weighted by atomic mass is 10.0. The summed E-state index contributed by atoms with van der Waals surface area (Å²) in [7, 11) is 1.59. The summed E-state index contributed by atoms with van der Waals surface area (Å²) in [5.74, 6) is -1.96. The van der Waals surface area contributed by atoms with Gasteiger partial charge in [0.2, 0.25) is 5.95 Å². The molecule has 0 unspecified atom stereocenters. The minimum atomic E-state index is -2.91. The molecular formula is C22H27F2N3O. The van der Waals surface area contributed by atoms with Gasteiger partial charge in [0, 0.05) is 30.0 Å². The van der Waals surface area contributed by atoms with E-state index in [4.69, 9.17) is 4.74 Å². The summed E-state index contributed by atoms with van der Waals surface area (Å²) >= 11 is 0. The van der Waals surface area contributed by atoms with E-state index in [1.165, 1.54) is 0 Å². The Morgan fingerprint density at radius 2 is 2.00 bits per heavy atom. The van der Waals surface area contributed by atoms with E-state index < -0.39 is 5.92 Å². The van der Waals surface area contributed by atoms with Crippen LogP contribution in [0.4, 0.5) is 14.7 Å². The zero-order chi connectivity index (χ0) is 20.3. The van der Waals surface area contributed by atoms with Crippen LogP contribution in [0.2, 0.25) is 0 Å². The lowest BCUT2D eigenvalue weighted by Crippen LogP contribution is -2.19. The van der Waals surface area contributed by atoms with E-state index in [1.807, 2.05) is 31.2 Å².